The maximum atomic E-state index is 12.8. The summed E-state index contributed by atoms with van der Waals surface area (Å²) >= 11 is 1.69. The van der Waals surface area contributed by atoms with E-state index in [-0.39, 0.29) is 5.91 Å². The lowest BCUT2D eigenvalue weighted by molar-refractivity contribution is 0.0951. The van der Waals surface area contributed by atoms with Gasteiger partial charge in [-0.15, -0.1) is 0 Å². The lowest BCUT2D eigenvalue weighted by Crippen LogP contribution is -2.22. The lowest BCUT2D eigenvalue weighted by atomic mass is 10.0. The molecule has 31 heavy (non-hydrogen) atoms. The van der Waals surface area contributed by atoms with Crippen molar-refractivity contribution in [2.45, 2.75) is 16.3 Å². The second-order valence-corrected chi connectivity index (χ2v) is 8.36. The van der Waals surface area contributed by atoms with Gasteiger partial charge >= 0.3 is 0 Å². The molecule has 0 spiro atoms. The van der Waals surface area contributed by atoms with Crippen LogP contribution in [0.3, 0.4) is 0 Å². The maximum absolute atomic E-state index is 12.8. The van der Waals surface area contributed by atoms with Crippen LogP contribution in [0.2, 0.25) is 0 Å². The highest BCUT2D eigenvalue weighted by Gasteiger charge is 2.19. The Labute approximate surface area is 185 Å². The van der Waals surface area contributed by atoms with E-state index < -0.39 is 0 Å². The minimum absolute atomic E-state index is 0.102. The molecule has 1 aliphatic rings. The summed E-state index contributed by atoms with van der Waals surface area (Å²) in [4.78, 5) is 20.0. The first-order chi connectivity index (χ1) is 15.3. The number of rotatable bonds is 4. The minimum atomic E-state index is -0.102. The van der Waals surface area contributed by atoms with Crippen molar-refractivity contribution < 1.29 is 4.79 Å². The van der Waals surface area contributed by atoms with Crippen LogP contribution >= 0.6 is 11.8 Å². The summed E-state index contributed by atoms with van der Waals surface area (Å²) in [5.41, 5.74) is 5.57. The van der Waals surface area contributed by atoms with Crippen molar-refractivity contribution in [3.8, 4) is 0 Å². The van der Waals surface area contributed by atoms with Crippen LogP contribution in [0.4, 0.5) is 5.69 Å². The van der Waals surface area contributed by atoms with E-state index in [0.717, 1.165) is 37.9 Å². The molecule has 0 saturated heterocycles. The number of nitrogens with one attached hydrogen (secondary N) is 1. The van der Waals surface area contributed by atoms with Crippen molar-refractivity contribution in [3.63, 3.8) is 0 Å². The van der Waals surface area contributed by atoms with Crippen LogP contribution in [0.5, 0.6) is 0 Å². The molecule has 0 bridgehead atoms. The number of benzene rings is 4. The number of hydrogen-bond acceptors (Lipinski definition) is 3. The Kier molecular flexibility index (Phi) is 5.38. The van der Waals surface area contributed by atoms with Gasteiger partial charge in [0.2, 0.25) is 0 Å². The fourth-order valence-electron chi connectivity index (χ4n) is 3.58. The molecule has 0 aliphatic carbocycles. The molecule has 5 rings (SSSR count). The van der Waals surface area contributed by atoms with Crippen molar-refractivity contribution in [2.24, 2.45) is 4.99 Å². The van der Waals surface area contributed by atoms with Crippen molar-refractivity contribution >= 4 is 29.1 Å². The molecule has 4 aromatic rings. The van der Waals surface area contributed by atoms with E-state index in [1.165, 1.54) is 0 Å². The number of fused-ring (bicyclic) bond motifs is 2. The van der Waals surface area contributed by atoms with Crippen LogP contribution in [0.25, 0.3) is 0 Å². The van der Waals surface area contributed by atoms with E-state index >= 15 is 0 Å². The minimum Gasteiger partial charge on any atom is -0.348 e. The quantitative estimate of drug-likeness (QED) is 0.373. The molecular weight excluding hydrogens is 400 g/mol. The number of carbonyl (C=O) groups is 1. The first-order valence-corrected chi connectivity index (χ1v) is 11.0. The van der Waals surface area contributed by atoms with E-state index in [1.807, 2.05) is 78.9 Å². The number of hydrogen-bond donors (Lipinski definition) is 1. The Hall–Kier alpha value is -3.63. The zero-order chi connectivity index (χ0) is 21.0. The summed E-state index contributed by atoms with van der Waals surface area (Å²) in [6.45, 7) is 0.496. The predicted molar refractivity (Wildman–Crippen MR) is 126 cm³/mol. The van der Waals surface area contributed by atoms with Gasteiger partial charge in [0.1, 0.15) is 0 Å². The molecule has 0 fully saturated rings. The lowest BCUT2D eigenvalue weighted by Gasteiger charge is -2.08. The molecule has 0 saturated carbocycles. The van der Waals surface area contributed by atoms with E-state index in [2.05, 4.69) is 29.6 Å². The fourth-order valence-corrected chi connectivity index (χ4v) is 4.58. The first kappa shape index (κ1) is 19.3. The SMILES string of the molecule is O=C(NCc1ccccc1)c1ccc2c(c1)N=C(c1ccccc1)c1ccccc1S2. The number of aliphatic imine (C=N–C) groups is 1. The standard InChI is InChI=1S/C27H20N2OS/c30-27(28-18-19-9-3-1-4-10-19)21-15-16-25-23(17-21)29-26(20-11-5-2-6-12-20)22-13-7-8-14-24(22)31-25/h1-17H,18H2,(H,28,30). The van der Waals surface area contributed by atoms with Crippen molar-refractivity contribution in [3.05, 3.63) is 125 Å². The average Bonchev–Trinajstić information content (AvgIpc) is 3.00. The zero-order valence-corrected chi connectivity index (χ0v) is 17.6. The molecule has 4 aromatic carbocycles. The Morgan fingerprint density at radius 2 is 1.48 bits per heavy atom. The van der Waals surface area contributed by atoms with E-state index in [0.29, 0.717) is 12.1 Å². The highest BCUT2D eigenvalue weighted by molar-refractivity contribution is 7.99. The van der Waals surface area contributed by atoms with Gasteiger partial charge in [-0.25, -0.2) is 4.99 Å². The normalized spacial score (nSPS) is 12.2. The molecule has 1 aliphatic heterocycles. The van der Waals surface area contributed by atoms with Crippen molar-refractivity contribution in [1.29, 1.82) is 0 Å². The van der Waals surface area contributed by atoms with E-state index in [4.69, 9.17) is 4.99 Å². The van der Waals surface area contributed by atoms with Crippen molar-refractivity contribution in [2.75, 3.05) is 0 Å². The van der Waals surface area contributed by atoms with E-state index in [9.17, 15) is 4.79 Å². The molecular formula is C27H20N2OS. The Morgan fingerprint density at radius 3 is 2.29 bits per heavy atom. The van der Waals surface area contributed by atoms with Gasteiger partial charge in [0.25, 0.3) is 5.91 Å². The van der Waals surface area contributed by atoms with Crippen LogP contribution in [-0.2, 0) is 6.54 Å². The van der Waals surface area contributed by atoms with Gasteiger partial charge in [-0.2, -0.15) is 0 Å². The molecule has 0 unspecified atom stereocenters. The van der Waals surface area contributed by atoms with Crippen molar-refractivity contribution in [1.82, 2.24) is 5.32 Å². The van der Waals surface area contributed by atoms with Crippen LogP contribution in [0, 0.1) is 0 Å². The summed E-state index contributed by atoms with van der Waals surface area (Å²) in [7, 11) is 0. The molecule has 0 aromatic heterocycles. The number of carbonyl (C=O) groups excluding carboxylic acids is 1. The third-order valence-corrected chi connectivity index (χ3v) is 6.30. The molecule has 0 radical (unpaired) electrons. The van der Waals surface area contributed by atoms with Gasteiger partial charge in [0, 0.05) is 33.0 Å². The van der Waals surface area contributed by atoms with E-state index in [1.54, 1.807) is 11.8 Å². The van der Waals surface area contributed by atoms with Gasteiger partial charge in [-0.1, -0.05) is 90.6 Å². The van der Waals surface area contributed by atoms with Crippen LogP contribution < -0.4 is 5.32 Å². The van der Waals surface area contributed by atoms with Gasteiger partial charge in [0.15, 0.2) is 0 Å². The molecule has 1 N–H and O–H groups in total. The highest BCUT2D eigenvalue weighted by atomic mass is 32.2. The highest BCUT2D eigenvalue weighted by Crippen LogP contribution is 2.41. The van der Waals surface area contributed by atoms with Crippen LogP contribution in [0.1, 0.15) is 27.0 Å². The third-order valence-electron chi connectivity index (χ3n) is 5.16. The topological polar surface area (TPSA) is 41.5 Å². The molecule has 1 amide bonds. The molecule has 150 valence electrons. The first-order valence-electron chi connectivity index (χ1n) is 10.2. The molecule has 3 nitrogen and oxygen atoms in total. The summed E-state index contributed by atoms with van der Waals surface area (Å²) in [5.74, 6) is -0.102. The summed E-state index contributed by atoms with van der Waals surface area (Å²) in [6.07, 6.45) is 0. The van der Waals surface area contributed by atoms with Crippen LogP contribution in [-0.4, -0.2) is 11.6 Å². The second-order valence-electron chi connectivity index (χ2n) is 7.28. The number of amides is 1. The molecule has 1 heterocycles. The van der Waals surface area contributed by atoms with Gasteiger partial charge < -0.3 is 5.32 Å². The monoisotopic (exact) mass is 420 g/mol. The van der Waals surface area contributed by atoms with Gasteiger partial charge in [0.05, 0.1) is 11.4 Å². The third kappa shape index (κ3) is 4.16. The van der Waals surface area contributed by atoms with Crippen LogP contribution in [0.15, 0.2) is 118 Å². The summed E-state index contributed by atoms with van der Waals surface area (Å²) < 4.78 is 0. The average molecular weight is 421 g/mol. The Morgan fingerprint density at radius 1 is 0.774 bits per heavy atom. The Balaban J connectivity index is 1.51. The summed E-state index contributed by atoms with van der Waals surface area (Å²) in [5, 5.41) is 3.00. The maximum Gasteiger partial charge on any atom is 0.251 e. The predicted octanol–water partition coefficient (Wildman–Crippen LogP) is 6.25. The largest absolute Gasteiger partial charge is 0.348 e. The zero-order valence-electron chi connectivity index (χ0n) is 16.8. The smallest absolute Gasteiger partial charge is 0.251 e. The number of nitrogens with zero attached hydrogens (tertiary/aromatic N) is 1. The van der Waals surface area contributed by atoms with Gasteiger partial charge in [-0.05, 0) is 29.8 Å². The Bertz CT molecular complexity index is 1270. The second kappa shape index (κ2) is 8.62. The summed E-state index contributed by atoms with van der Waals surface area (Å²) in [6, 6.07) is 34.2. The molecule has 4 heteroatoms. The van der Waals surface area contributed by atoms with Gasteiger partial charge in [-0.3, -0.25) is 4.79 Å². The fraction of sp³-hybridized carbons (Fsp3) is 0.0370. The molecule has 0 atom stereocenters.